The van der Waals surface area contributed by atoms with Gasteiger partial charge in [0.1, 0.15) is 5.75 Å². The number of hydrogen-bond acceptors (Lipinski definition) is 5. The Labute approximate surface area is 202 Å². The second kappa shape index (κ2) is 11.7. The minimum Gasteiger partial charge on any atom is -0.410 e. The van der Waals surface area contributed by atoms with Gasteiger partial charge in [0.05, 0.1) is 0 Å². The van der Waals surface area contributed by atoms with Crippen molar-refractivity contribution in [1.82, 2.24) is 19.8 Å². The highest BCUT2D eigenvalue weighted by molar-refractivity contribution is 5.70. The number of nitrogens with zero attached hydrogens (tertiary/aromatic N) is 4. The summed E-state index contributed by atoms with van der Waals surface area (Å²) in [5.74, 6) is 0.593. The van der Waals surface area contributed by atoms with Crippen LogP contribution in [-0.2, 0) is 19.3 Å². The van der Waals surface area contributed by atoms with Crippen LogP contribution in [-0.4, -0.2) is 58.6 Å². The van der Waals surface area contributed by atoms with Crippen LogP contribution in [0.1, 0.15) is 34.8 Å². The zero-order chi connectivity index (χ0) is 23.8. The van der Waals surface area contributed by atoms with Gasteiger partial charge in [-0.05, 0) is 88.0 Å². The van der Waals surface area contributed by atoms with Crippen LogP contribution in [0.2, 0.25) is 0 Å². The van der Waals surface area contributed by atoms with Crippen LogP contribution in [0.3, 0.4) is 0 Å². The third-order valence-electron chi connectivity index (χ3n) is 6.23. The van der Waals surface area contributed by atoms with E-state index in [1.54, 1.807) is 4.90 Å². The van der Waals surface area contributed by atoms with E-state index in [2.05, 4.69) is 33.1 Å². The second-order valence-corrected chi connectivity index (χ2v) is 8.98. The van der Waals surface area contributed by atoms with E-state index in [9.17, 15) is 4.79 Å². The third-order valence-corrected chi connectivity index (χ3v) is 6.23. The van der Waals surface area contributed by atoms with Crippen LogP contribution in [0.5, 0.6) is 5.75 Å². The minimum atomic E-state index is -0.264. The number of piperazine rings is 1. The van der Waals surface area contributed by atoms with Gasteiger partial charge in [-0.2, -0.15) is 0 Å². The third kappa shape index (κ3) is 7.12. The Morgan fingerprint density at radius 2 is 1.41 bits per heavy atom. The molecule has 0 aliphatic carbocycles. The average molecular weight is 459 g/mol. The molecule has 1 aliphatic heterocycles. The van der Waals surface area contributed by atoms with Gasteiger partial charge in [0.15, 0.2) is 0 Å². The number of pyridine rings is 2. The molecule has 3 aromatic rings. The first-order valence-electron chi connectivity index (χ1n) is 12.2. The van der Waals surface area contributed by atoms with E-state index >= 15 is 0 Å². The van der Waals surface area contributed by atoms with Gasteiger partial charge in [0.25, 0.3) is 0 Å². The van der Waals surface area contributed by atoms with E-state index < -0.39 is 0 Å². The number of carbonyl (C=O) groups is 1. The topological polar surface area (TPSA) is 58.6 Å². The maximum Gasteiger partial charge on any atom is 0.415 e. The molecule has 0 bridgehead atoms. The number of carbonyl (C=O) groups excluding carboxylic acids is 1. The Bertz CT molecular complexity index is 1080. The van der Waals surface area contributed by atoms with Gasteiger partial charge >= 0.3 is 6.09 Å². The number of rotatable bonds is 8. The summed E-state index contributed by atoms with van der Waals surface area (Å²) < 4.78 is 5.62. The number of benzene rings is 1. The molecule has 34 heavy (non-hydrogen) atoms. The summed E-state index contributed by atoms with van der Waals surface area (Å²) >= 11 is 0. The van der Waals surface area contributed by atoms with Crippen molar-refractivity contribution < 1.29 is 9.53 Å². The SMILES string of the molecule is Cc1cccc(CCCN2CCN(C(=O)Oc3ccc(CCc4cccc(C)n4)cc3)CC2)n1. The Kier molecular flexibility index (Phi) is 8.26. The van der Waals surface area contributed by atoms with Crippen LogP contribution in [0.4, 0.5) is 4.79 Å². The smallest absolute Gasteiger partial charge is 0.410 e. The highest BCUT2D eigenvalue weighted by atomic mass is 16.6. The predicted molar refractivity (Wildman–Crippen MR) is 134 cm³/mol. The molecule has 1 fully saturated rings. The van der Waals surface area contributed by atoms with E-state index in [4.69, 9.17) is 4.74 Å². The maximum atomic E-state index is 12.6. The molecule has 4 rings (SSSR count). The number of aromatic nitrogens is 2. The molecule has 3 heterocycles. The molecule has 0 N–H and O–H groups in total. The van der Waals surface area contributed by atoms with Crippen LogP contribution in [0.15, 0.2) is 60.7 Å². The summed E-state index contributed by atoms with van der Waals surface area (Å²) in [6.45, 7) is 8.21. The average Bonchev–Trinajstić information content (AvgIpc) is 2.84. The Morgan fingerprint density at radius 1 is 0.794 bits per heavy atom. The quantitative estimate of drug-likeness (QED) is 0.493. The lowest BCUT2D eigenvalue weighted by molar-refractivity contribution is 0.110. The molecule has 1 amide bonds. The fourth-order valence-corrected chi connectivity index (χ4v) is 4.28. The molecule has 1 aliphatic rings. The van der Waals surface area contributed by atoms with Crippen molar-refractivity contribution >= 4 is 6.09 Å². The monoisotopic (exact) mass is 458 g/mol. The van der Waals surface area contributed by atoms with Crippen molar-refractivity contribution in [3.8, 4) is 5.75 Å². The van der Waals surface area contributed by atoms with E-state index in [0.29, 0.717) is 18.8 Å². The summed E-state index contributed by atoms with van der Waals surface area (Å²) in [6.07, 6.45) is 3.61. The molecule has 6 nitrogen and oxygen atoms in total. The molecule has 2 aromatic heterocycles. The number of ether oxygens (including phenoxy) is 1. The maximum absolute atomic E-state index is 12.6. The number of aryl methyl sites for hydroxylation is 5. The summed E-state index contributed by atoms with van der Waals surface area (Å²) in [6, 6.07) is 20.1. The molecular formula is C28H34N4O2. The first-order valence-corrected chi connectivity index (χ1v) is 12.2. The lowest BCUT2D eigenvalue weighted by Gasteiger charge is -2.34. The molecule has 0 spiro atoms. The van der Waals surface area contributed by atoms with Crippen LogP contribution in [0, 0.1) is 13.8 Å². The molecule has 0 saturated carbocycles. The van der Waals surface area contributed by atoms with Crippen LogP contribution >= 0.6 is 0 Å². The minimum absolute atomic E-state index is 0.264. The van der Waals surface area contributed by atoms with Gasteiger partial charge < -0.3 is 9.64 Å². The molecule has 178 valence electrons. The Hall–Kier alpha value is -3.25. The second-order valence-electron chi connectivity index (χ2n) is 8.98. The molecule has 6 heteroatoms. The van der Waals surface area contributed by atoms with Crippen LogP contribution < -0.4 is 4.74 Å². The highest BCUT2D eigenvalue weighted by Crippen LogP contribution is 2.16. The first kappa shape index (κ1) is 23.9. The van der Waals surface area contributed by atoms with Gasteiger partial charge in [0.2, 0.25) is 0 Å². The van der Waals surface area contributed by atoms with Gasteiger partial charge in [-0.25, -0.2) is 4.79 Å². The largest absolute Gasteiger partial charge is 0.415 e. The van der Waals surface area contributed by atoms with E-state index in [-0.39, 0.29) is 6.09 Å². The predicted octanol–water partition coefficient (Wildman–Crippen LogP) is 4.63. The zero-order valence-electron chi connectivity index (χ0n) is 20.2. The fraction of sp³-hybridized carbons (Fsp3) is 0.393. The lowest BCUT2D eigenvalue weighted by atomic mass is 10.1. The standard InChI is InChI=1S/C28H34N4O2/c1-22-6-3-8-25(29-22)10-5-17-31-18-20-32(21-19-31)28(33)34-27-15-12-24(13-16-27)11-14-26-9-4-7-23(2)30-26/h3-4,6-9,12-13,15-16H,5,10-11,14,17-21H2,1-2H3. The summed E-state index contributed by atoms with van der Waals surface area (Å²) in [4.78, 5) is 25.9. The van der Waals surface area contributed by atoms with E-state index in [0.717, 1.165) is 68.1 Å². The summed E-state index contributed by atoms with van der Waals surface area (Å²) in [5, 5.41) is 0. The van der Waals surface area contributed by atoms with Gasteiger partial charge in [0, 0.05) is 49.0 Å². The fourth-order valence-electron chi connectivity index (χ4n) is 4.28. The van der Waals surface area contributed by atoms with Crippen molar-refractivity contribution in [2.75, 3.05) is 32.7 Å². The van der Waals surface area contributed by atoms with Crippen molar-refractivity contribution in [1.29, 1.82) is 0 Å². The normalized spacial score (nSPS) is 14.2. The zero-order valence-corrected chi connectivity index (χ0v) is 20.2. The molecule has 1 aromatic carbocycles. The molecule has 0 radical (unpaired) electrons. The summed E-state index contributed by atoms with van der Waals surface area (Å²) in [7, 11) is 0. The lowest BCUT2D eigenvalue weighted by Crippen LogP contribution is -2.49. The van der Waals surface area contributed by atoms with Gasteiger partial charge in [-0.15, -0.1) is 0 Å². The van der Waals surface area contributed by atoms with Crippen molar-refractivity contribution in [2.24, 2.45) is 0 Å². The van der Waals surface area contributed by atoms with Crippen molar-refractivity contribution in [2.45, 2.75) is 39.5 Å². The highest BCUT2D eigenvalue weighted by Gasteiger charge is 2.22. The van der Waals surface area contributed by atoms with Crippen molar-refractivity contribution in [3.63, 3.8) is 0 Å². The molecular weight excluding hydrogens is 424 g/mol. The Morgan fingerprint density at radius 3 is 2.03 bits per heavy atom. The molecule has 1 saturated heterocycles. The van der Waals surface area contributed by atoms with E-state index in [1.165, 1.54) is 5.56 Å². The summed E-state index contributed by atoms with van der Waals surface area (Å²) in [5.41, 5.74) is 5.57. The van der Waals surface area contributed by atoms with Gasteiger partial charge in [-0.3, -0.25) is 14.9 Å². The number of hydrogen-bond donors (Lipinski definition) is 0. The first-order chi connectivity index (χ1) is 16.5. The molecule has 0 unspecified atom stereocenters. The van der Waals surface area contributed by atoms with E-state index in [1.807, 2.05) is 56.3 Å². The van der Waals surface area contributed by atoms with Gasteiger partial charge in [-0.1, -0.05) is 24.3 Å². The molecule has 0 atom stereocenters. The number of amides is 1. The Balaban J connectivity index is 1.16. The van der Waals surface area contributed by atoms with Crippen molar-refractivity contribution in [3.05, 3.63) is 89.0 Å². The van der Waals surface area contributed by atoms with Crippen LogP contribution in [0.25, 0.3) is 0 Å².